The lowest BCUT2D eigenvalue weighted by atomic mass is 10.00. The van der Waals surface area contributed by atoms with Gasteiger partial charge in [-0.3, -0.25) is 4.79 Å². The zero-order chi connectivity index (χ0) is 19.1. The summed E-state index contributed by atoms with van der Waals surface area (Å²) in [5.74, 6) is 1.42. The predicted molar refractivity (Wildman–Crippen MR) is 109 cm³/mol. The number of aliphatic hydroxyl groups is 1. The molecule has 1 aromatic carbocycles. The van der Waals surface area contributed by atoms with E-state index in [1.54, 1.807) is 11.6 Å². The van der Waals surface area contributed by atoms with E-state index < -0.39 is 0 Å². The molecule has 1 fully saturated rings. The molecule has 2 heterocycles. The minimum Gasteiger partial charge on any atom is -0.493 e. The van der Waals surface area contributed by atoms with Crippen molar-refractivity contribution in [2.45, 2.75) is 32.4 Å². The molecule has 2 aromatic heterocycles. The molecule has 1 atom stereocenters. The zero-order valence-electron chi connectivity index (χ0n) is 15.6. The number of aryl methyl sites for hydroxylation is 1. The molecule has 3 aromatic rings. The van der Waals surface area contributed by atoms with Crippen LogP contribution in [0.2, 0.25) is 0 Å². The summed E-state index contributed by atoms with van der Waals surface area (Å²) in [7, 11) is 1.76. The minimum absolute atomic E-state index is 0.0237. The van der Waals surface area contributed by atoms with Gasteiger partial charge in [-0.25, -0.2) is 0 Å². The maximum atomic E-state index is 12.6. The van der Waals surface area contributed by atoms with Crippen LogP contribution in [0, 0.1) is 5.92 Å². The quantitative estimate of drug-likeness (QED) is 0.681. The first-order chi connectivity index (χ1) is 13.0. The molecule has 1 unspecified atom stereocenters. The van der Waals surface area contributed by atoms with Crippen molar-refractivity contribution in [1.82, 2.24) is 4.57 Å². The molecule has 0 saturated heterocycles. The summed E-state index contributed by atoms with van der Waals surface area (Å²) in [6.07, 6.45) is 4.29. The molecule has 1 aliphatic rings. The normalized spacial score (nSPS) is 15.3. The van der Waals surface area contributed by atoms with Gasteiger partial charge in [-0.1, -0.05) is 6.07 Å². The summed E-state index contributed by atoms with van der Waals surface area (Å²) < 4.78 is 8.40. The van der Waals surface area contributed by atoms with Gasteiger partial charge in [0, 0.05) is 40.7 Å². The largest absolute Gasteiger partial charge is 0.493 e. The second-order valence-electron chi connectivity index (χ2n) is 7.38. The fourth-order valence-corrected chi connectivity index (χ4v) is 4.30. The number of hydrogen-bond acceptors (Lipinski definition) is 5. The molecule has 3 N–H and O–H groups in total. The van der Waals surface area contributed by atoms with Gasteiger partial charge in [0.15, 0.2) is 0 Å². The van der Waals surface area contributed by atoms with Crippen LogP contribution in [0.1, 0.15) is 36.2 Å². The molecule has 0 radical (unpaired) electrons. The Bertz CT molecular complexity index is 1050. The van der Waals surface area contributed by atoms with Crippen LogP contribution in [-0.2, 0) is 13.7 Å². The number of aromatic nitrogens is 1. The Hall–Kier alpha value is -2.15. The highest BCUT2D eigenvalue weighted by molar-refractivity contribution is 7.19. The summed E-state index contributed by atoms with van der Waals surface area (Å²) in [4.78, 5) is 13.6. The van der Waals surface area contributed by atoms with Crippen LogP contribution in [0.4, 0.5) is 0 Å². The predicted octanol–water partition coefficient (Wildman–Crippen LogP) is 3.57. The lowest BCUT2D eigenvalue weighted by molar-refractivity contribution is 0.280. The van der Waals surface area contributed by atoms with E-state index in [0.29, 0.717) is 17.2 Å². The van der Waals surface area contributed by atoms with Gasteiger partial charge in [0.1, 0.15) is 10.4 Å². The third-order valence-corrected chi connectivity index (χ3v) is 6.34. The number of aliphatic hydroxyl groups excluding tert-OH is 1. The number of fused-ring (bicyclic) bond motifs is 1. The fourth-order valence-electron chi connectivity index (χ4n) is 3.19. The van der Waals surface area contributed by atoms with Crippen molar-refractivity contribution in [3.8, 4) is 16.9 Å². The van der Waals surface area contributed by atoms with E-state index in [0.717, 1.165) is 32.7 Å². The minimum atomic E-state index is -0.130. The van der Waals surface area contributed by atoms with E-state index in [1.807, 2.05) is 37.4 Å². The Morgan fingerprint density at radius 3 is 2.78 bits per heavy atom. The summed E-state index contributed by atoms with van der Waals surface area (Å²) >= 11 is 1.45. The van der Waals surface area contributed by atoms with E-state index in [4.69, 9.17) is 10.5 Å². The van der Waals surface area contributed by atoms with Crippen molar-refractivity contribution in [1.29, 1.82) is 0 Å². The number of ether oxygens (including phenoxy) is 1. The van der Waals surface area contributed by atoms with E-state index in [2.05, 4.69) is 0 Å². The maximum absolute atomic E-state index is 12.6. The van der Waals surface area contributed by atoms with Gasteiger partial charge < -0.3 is 20.1 Å². The highest BCUT2D eigenvalue weighted by atomic mass is 32.1. The van der Waals surface area contributed by atoms with Gasteiger partial charge in [-0.2, -0.15) is 0 Å². The molecular weight excluding hydrogens is 360 g/mol. The van der Waals surface area contributed by atoms with E-state index in [9.17, 15) is 9.90 Å². The first-order valence-corrected chi connectivity index (χ1v) is 10.0. The van der Waals surface area contributed by atoms with E-state index >= 15 is 0 Å². The molecule has 1 aliphatic carbocycles. The molecule has 0 aliphatic heterocycles. The van der Waals surface area contributed by atoms with Crippen LogP contribution in [0.25, 0.3) is 21.2 Å². The molecular formula is C21H24N2O3S. The van der Waals surface area contributed by atoms with Crippen LogP contribution in [-0.4, -0.2) is 16.3 Å². The molecule has 27 heavy (non-hydrogen) atoms. The number of pyridine rings is 1. The number of benzene rings is 1. The number of nitrogens with two attached hydrogens (primary N) is 1. The molecule has 5 nitrogen and oxygen atoms in total. The Labute approximate surface area is 162 Å². The lowest BCUT2D eigenvalue weighted by Gasteiger charge is -2.14. The number of thiophene rings is 1. The maximum Gasteiger partial charge on any atom is 0.268 e. The SMILES string of the molecule is CC(N)c1cc2c(-c3cc(CO)ccc3OCC3CC3)cn(C)c(=O)c2s1. The van der Waals surface area contributed by atoms with Crippen LogP contribution in [0.15, 0.2) is 35.3 Å². The second kappa shape index (κ2) is 7.11. The summed E-state index contributed by atoms with van der Waals surface area (Å²) in [6, 6.07) is 7.63. The Balaban J connectivity index is 1.92. The van der Waals surface area contributed by atoms with Crippen molar-refractivity contribution >= 4 is 21.4 Å². The Kier molecular flexibility index (Phi) is 4.80. The first-order valence-electron chi connectivity index (χ1n) is 9.23. The molecule has 6 heteroatoms. The monoisotopic (exact) mass is 384 g/mol. The van der Waals surface area contributed by atoms with Gasteiger partial charge in [-0.15, -0.1) is 11.3 Å². The number of hydrogen-bond donors (Lipinski definition) is 2. The summed E-state index contributed by atoms with van der Waals surface area (Å²) in [6.45, 7) is 2.58. The van der Waals surface area contributed by atoms with Crippen molar-refractivity contribution in [3.63, 3.8) is 0 Å². The van der Waals surface area contributed by atoms with Crippen LogP contribution >= 0.6 is 11.3 Å². The average Bonchev–Trinajstić information content (AvgIpc) is 3.38. The molecule has 0 spiro atoms. The van der Waals surface area contributed by atoms with Crippen molar-refractivity contribution in [3.05, 3.63) is 51.3 Å². The van der Waals surface area contributed by atoms with Gasteiger partial charge in [0.2, 0.25) is 0 Å². The molecule has 142 valence electrons. The van der Waals surface area contributed by atoms with Crippen LogP contribution < -0.4 is 16.0 Å². The highest BCUT2D eigenvalue weighted by Crippen LogP contribution is 2.39. The summed E-state index contributed by atoms with van der Waals surface area (Å²) in [5, 5.41) is 10.5. The molecule has 0 amide bonds. The van der Waals surface area contributed by atoms with E-state index in [1.165, 1.54) is 24.2 Å². The van der Waals surface area contributed by atoms with Gasteiger partial charge >= 0.3 is 0 Å². The average molecular weight is 385 g/mol. The van der Waals surface area contributed by atoms with Crippen molar-refractivity contribution in [2.75, 3.05) is 6.61 Å². The molecule has 4 rings (SSSR count). The molecule has 1 saturated carbocycles. The Morgan fingerprint density at radius 1 is 1.33 bits per heavy atom. The fraction of sp³-hybridized carbons (Fsp3) is 0.381. The van der Waals surface area contributed by atoms with Crippen molar-refractivity contribution < 1.29 is 9.84 Å². The van der Waals surface area contributed by atoms with Gasteiger partial charge in [-0.05, 0) is 49.4 Å². The zero-order valence-corrected chi connectivity index (χ0v) is 16.4. The smallest absolute Gasteiger partial charge is 0.268 e. The standard InChI is InChI=1S/C21H24N2O3S/c1-12(22)19-8-16-17(9-23(2)21(25)20(16)27-19)15-7-14(10-24)5-6-18(15)26-11-13-3-4-13/h5-9,12-13,24H,3-4,10-11,22H2,1-2H3. The highest BCUT2D eigenvalue weighted by Gasteiger charge is 2.23. The number of rotatable bonds is 6. The van der Waals surface area contributed by atoms with Gasteiger partial charge in [0.25, 0.3) is 5.56 Å². The Morgan fingerprint density at radius 2 is 2.11 bits per heavy atom. The van der Waals surface area contributed by atoms with Crippen LogP contribution in [0.5, 0.6) is 5.75 Å². The topological polar surface area (TPSA) is 77.5 Å². The van der Waals surface area contributed by atoms with Crippen molar-refractivity contribution in [2.24, 2.45) is 18.7 Å². The van der Waals surface area contributed by atoms with E-state index in [-0.39, 0.29) is 18.2 Å². The third kappa shape index (κ3) is 3.52. The van der Waals surface area contributed by atoms with Crippen LogP contribution in [0.3, 0.4) is 0 Å². The first kappa shape index (κ1) is 18.2. The number of nitrogens with zero attached hydrogens (tertiary/aromatic N) is 1. The second-order valence-corrected chi connectivity index (χ2v) is 8.47. The third-order valence-electron chi connectivity index (χ3n) is 5.02. The van der Waals surface area contributed by atoms with Gasteiger partial charge in [0.05, 0.1) is 13.2 Å². The molecule has 0 bridgehead atoms. The summed E-state index contributed by atoms with van der Waals surface area (Å²) in [5.41, 5.74) is 8.68. The lowest BCUT2D eigenvalue weighted by Crippen LogP contribution is -2.15.